The van der Waals surface area contributed by atoms with E-state index in [-0.39, 0.29) is 5.78 Å². The van der Waals surface area contributed by atoms with E-state index in [0.717, 1.165) is 43.2 Å². The number of hydrogen-bond donors (Lipinski definition) is 2. The highest BCUT2D eigenvalue weighted by Gasteiger charge is 2.58. The molecule has 0 bridgehead atoms. The van der Waals surface area contributed by atoms with Gasteiger partial charge in [0.2, 0.25) is 5.78 Å². The number of pyridine rings is 2. The first kappa shape index (κ1) is 24.3. The van der Waals surface area contributed by atoms with Crippen LogP contribution in [-0.4, -0.2) is 15.8 Å². The first-order valence-corrected chi connectivity index (χ1v) is 14.1. The molecule has 2 aliphatic rings. The lowest BCUT2D eigenvalue weighted by atomic mass is 9.67. The van der Waals surface area contributed by atoms with Crippen LogP contribution in [-0.2, 0) is 15.9 Å². The summed E-state index contributed by atoms with van der Waals surface area (Å²) in [7, 11) is 0. The number of ketones is 1. The maximum Gasteiger partial charge on any atom is 0.203 e. The number of dihydropyridines is 2. The van der Waals surface area contributed by atoms with Gasteiger partial charge in [-0.05, 0) is 107 Å². The number of hydrogen-bond acceptors (Lipinski definition) is 7. The molecule has 4 aromatic heterocycles. The smallest absolute Gasteiger partial charge is 0.203 e. The zero-order valence-electron chi connectivity index (χ0n) is 21.0. The van der Waals surface area contributed by atoms with E-state index in [4.69, 9.17) is 0 Å². The molecule has 2 atom stereocenters. The number of nitrogens with zero attached hydrogens (tertiary/aromatic N) is 2. The number of Topliss-reactive ketones (excluding diaryl/α,β-unsaturated/α-hetero) is 1. The van der Waals surface area contributed by atoms with Gasteiger partial charge in [-0.15, -0.1) is 22.7 Å². The lowest BCUT2D eigenvalue weighted by Gasteiger charge is -2.45. The molecule has 6 rings (SSSR count). The van der Waals surface area contributed by atoms with Crippen LogP contribution in [0.3, 0.4) is 0 Å². The van der Waals surface area contributed by atoms with Crippen LogP contribution in [0.5, 0.6) is 0 Å². The summed E-state index contributed by atoms with van der Waals surface area (Å²) < 4.78 is 0. The van der Waals surface area contributed by atoms with E-state index in [2.05, 4.69) is 57.3 Å². The first-order valence-electron chi connectivity index (χ1n) is 12.3. The van der Waals surface area contributed by atoms with Crippen molar-refractivity contribution in [1.82, 2.24) is 20.6 Å². The zero-order chi connectivity index (χ0) is 26.2. The zero-order valence-corrected chi connectivity index (χ0v) is 22.6. The third-order valence-electron chi connectivity index (χ3n) is 6.95. The van der Waals surface area contributed by atoms with Crippen molar-refractivity contribution in [3.8, 4) is 0 Å². The fourth-order valence-electron chi connectivity index (χ4n) is 5.25. The molecule has 0 aromatic carbocycles. The van der Waals surface area contributed by atoms with Crippen molar-refractivity contribution in [2.45, 2.75) is 24.9 Å². The van der Waals surface area contributed by atoms with Crippen LogP contribution >= 0.6 is 22.7 Å². The number of carbonyl (C=O) groups is 1. The van der Waals surface area contributed by atoms with E-state index in [1.807, 2.05) is 73.4 Å². The van der Waals surface area contributed by atoms with E-state index in [0.29, 0.717) is 0 Å². The van der Waals surface area contributed by atoms with Crippen LogP contribution in [0, 0.1) is 13.8 Å². The van der Waals surface area contributed by atoms with Crippen molar-refractivity contribution < 1.29 is 4.79 Å². The summed E-state index contributed by atoms with van der Waals surface area (Å²) in [5, 5.41) is 11.3. The maximum atomic E-state index is 15.7. The minimum atomic E-state index is -1.17. The lowest BCUT2D eigenvalue weighted by molar-refractivity contribution is -0.127. The Labute approximate surface area is 230 Å². The molecular weight excluding hydrogens is 509 g/mol. The van der Waals surface area contributed by atoms with Gasteiger partial charge in [-0.2, -0.15) is 0 Å². The number of aromatic nitrogens is 2. The minimum absolute atomic E-state index is 0.0207. The van der Waals surface area contributed by atoms with Gasteiger partial charge in [-0.25, -0.2) is 0 Å². The van der Waals surface area contributed by atoms with Crippen molar-refractivity contribution in [1.29, 1.82) is 0 Å². The molecule has 38 heavy (non-hydrogen) atoms. The molecule has 2 aliphatic heterocycles. The molecule has 0 spiro atoms. The summed E-state index contributed by atoms with van der Waals surface area (Å²) in [5.41, 5.74) is 3.37. The molecule has 0 fully saturated rings. The van der Waals surface area contributed by atoms with E-state index in [1.165, 1.54) is 0 Å². The van der Waals surface area contributed by atoms with Crippen LogP contribution in [0.15, 0.2) is 109 Å². The third kappa shape index (κ3) is 3.78. The average Bonchev–Trinajstić information content (AvgIpc) is 3.62. The third-order valence-corrected chi connectivity index (χ3v) is 9.29. The van der Waals surface area contributed by atoms with Crippen LogP contribution in [0.25, 0.3) is 11.1 Å². The maximum absolute atomic E-state index is 15.7. The molecule has 5 nitrogen and oxygen atoms in total. The number of nitrogens with one attached hydrogen (secondary N) is 2. The second-order valence-corrected chi connectivity index (χ2v) is 11.3. The Hall–Kier alpha value is -4.07. The molecule has 6 heterocycles. The van der Waals surface area contributed by atoms with E-state index in [9.17, 15) is 0 Å². The SMILES string of the molecule is Cc1csc(C2(C(=O)C3(c4cc(C)cs4)NC=CC=C3c3cccnc3)NC=CC=C2c2cccnc2)c1. The topological polar surface area (TPSA) is 66.9 Å². The van der Waals surface area contributed by atoms with Crippen molar-refractivity contribution in [2.75, 3.05) is 0 Å². The van der Waals surface area contributed by atoms with Gasteiger partial charge < -0.3 is 10.6 Å². The van der Waals surface area contributed by atoms with Gasteiger partial charge in [0.05, 0.1) is 0 Å². The van der Waals surface area contributed by atoms with Gasteiger partial charge in [0.15, 0.2) is 11.1 Å². The minimum Gasteiger partial charge on any atom is -0.371 e. The van der Waals surface area contributed by atoms with Gasteiger partial charge in [0.1, 0.15) is 0 Å². The van der Waals surface area contributed by atoms with Crippen LogP contribution in [0.1, 0.15) is 32.0 Å². The van der Waals surface area contributed by atoms with Crippen molar-refractivity contribution >= 4 is 39.6 Å². The first-order chi connectivity index (χ1) is 18.6. The number of carbonyl (C=O) groups excluding carboxylic acids is 1. The second-order valence-electron chi connectivity index (χ2n) is 9.46. The van der Waals surface area contributed by atoms with Crippen LogP contribution in [0.2, 0.25) is 0 Å². The number of rotatable bonds is 6. The van der Waals surface area contributed by atoms with Crippen LogP contribution < -0.4 is 10.6 Å². The van der Waals surface area contributed by atoms with Crippen molar-refractivity contribution in [3.63, 3.8) is 0 Å². The quantitative estimate of drug-likeness (QED) is 0.305. The Bertz CT molecular complexity index is 1490. The van der Waals surface area contributed by atoms with Gasteiger partial charge >= 0.3 is 0 Å². The average molecular weight is 535 g/mol. The predicted octanol–water partition coefficient (Wildman–Crippen LogP) is 6.28. The molecule has 2 N–H and O–H groups in total. The van der Waals surface area contributed by atoms with Gasteiger partial charge in [-0.3, -0.25) is 14.8 Å². The molecule has 7 heteroatoms. The fraction of sp³-hybridized carbons (Fsp3) is 0.129. The largest absolute Gasteiger partial charge is 0.371 e. The Morgan fingerprint density at radius 3 is 1.61 bits per heavy atom. The molecular formula is C31H26N4OS2. The van der Waals surface area contributed by atoms with Crippen LogP contribution in [0.4, 0.5) is 0 Å². The summed E-state index contributed by atoms with van der Waals surface area (Å²) in [6.45, 7) is 4.12. The predicted molar refractivity (Wildman–Crippen MR) is 155 cm³/mol. The Morgan fingerprint density at radius 1 is 0.763 bits per heavy atom. The standard InChI is InChI=1S/C31H26N4OS2/c1-21-15-27(37-19-21)30(25(9-5-13-34-30)23-7-3-11-32-17-23)29(36)31(28-16-22(2)20-38-28)26(10-6-14-35-31)24-8-4-12-33-18-24/h3-20,34-35H,1-2H3. The molecule has 0 saturated carbocycles. The highest BCUT2D eigenvalue weighted by atomic mass is 32.1. The van der Waals surface area contributed by atoms with Gasteiger partial charge in [-0.1, -0.05) is 24.3 Å². The molecule has 0 aliphatic carbocycles. The van der Waals surface area contributed by atoms with E-state index in [1.54, 1.807) is 35.1 Å². The Morgan fingerprint density at radius 2 is 1.24 bits per heavy atom. The summed E-state index contributed by atoms with van der Waals surface area (Å²) in [5.74, 6) is -0.0207. The van der Waals surface area contributed by atoms with E-state index < -0.39 is 11.1 Å². The van der Waals surface area contributed by atoms with Gasteiger partial charge in [0.25, 0.3) is 0 Å². The highest BCUT2D eigenvalue weighted by molar-refractivity contribution is 7.11. The van der Waals surface area contributed by atoms with Crippen molar-refractivity contribution in [3.05, 3.63) is 141 Å². The number of aryl methyl sites for hydroxylation is 2. The number of allylic oxidation sites excluding steroid dienone is 4. The summed E-state index contributed by atoms with van der Waals surface area (Å²) in [6.07, 6.45) is 18.8. The normalized spacial score (nSPS) is 22.3. The summed E-state index contributed by atoms with van der Waals surface area (Å²) in [4.78, 5) is 26.3. The molecule has 0 amide bonds. The number of thiophene rings is 2. The lowest BCUT2D eigenvalue weighted by Crippen LogP contribution is -2.61. The summed E-state index contributed by atoms with van der Waals surface area (Å²) in [6, 6.07) is 12.1. The van der Waals surface area contributed by atoms with Gasteiger partial charge in [0, 0.05) is 34.5 Å². The molecule has 188 valence electrons. The Kier molecular flexibility index (Phi) is 6.18. The fourth-order valence-corrected chi connectivity index (χ4v) is 7.40. The highest BCUT2D eigenvalue weighted by Crippen LogP contribution is 2.51. The van der Waals surface area contributed by atoms with E-state index >= 15 is 4.79 Å². The monoisotopic (exact) mass is 534 g/mol. The molecule has 2 unspecified atom stereocenters. The Balaban J connectivity index is 1.66. The van der Waals surface area contributed by atoms with Crippen molar-refractivity contribution in [2.24, 2.45) is 0 Å². The summed E-state index contributed by atoms with van der Waals surface area (Å²) >= 11 is 3.18. The molecule has 4 aromatic rings. The molecule has 0 saturated heterocycles. The second kappa shape index (κ2) is 9.67. The molecule has 0 radical (unpaired) electrons.